The van der Waals surface area contributed by atoms with Crippen molar-refractivity contribution in [1.29, 1.82) is 0 Å². The van der Waals surface area contributed by atoms with Crippen LogP contribution in [0.1, 0.15) is 29.1 Å². The summed E-state index contributed by atoms with van der Waals surface area (Å²) in [5, 5.41) is 1.82. The van der Waals surface area contributed by atoms with Gasteiger partial charge in [-0.25, -0.2) is 0 Å². The van der Waals surface area contributed by atoms with Crippen molar-refractivity contribution in [3.05, 3.63) is 21.9 Å². The molecule has 0 aliphatic carbocycles. The molecule has 2 N–H and O–H groups in total. The van der Waals surface area contributed by atoms with Crippen molar-refractivity contribution in [3.63, 3.8) is 0 Å². The van der Waals surface area contributed by atoms with Gasteiger partial charge in [0.2, 0.25) is 0 Å². The minimum Gasteiger partial charge on any atom is -0.377 e. The van der Waals surface area contributed by atoms with Crippen LogP contribution in [0.2, 0.25) is 0 Å². The van der Waals surface area contributed by atoms with E-state index in [1.54, 1.807) is 18.0 Å². The number of amides is 1. The third-order valence-electron chi connectivity index (χ3n) is 2.38. The molecule has 0 bridgehead atoms. The number of ether oxygens (including phenoxy) is 1. The summed E-state index contributed by atoms with van der Waals surface area (Å²) in [6, 6.07) is 1.80. The first kappa shape index (κ1) is 15.7. The lowest BCUT2D eigenvalue weighted by atomic mass is 10.2. The second-order valence-electron chi connectivity index (χ2n) is 4.35. The van der Waals surface area contributed by atoms with Crippen LogP contribution in [0.15, 0.2) is 11.4 Å². The molecule has 0 saturated carbocycles. The Hall–Kier alpha value is -1.35. The van der Waals surface area contributed by atoms with Gasteiger partial charge in [-0.15, -0.1) is 11.3 Å². The number of hydrogen-bond donors (Lipinski definition) is 1. The number of nitrogens with zero attached hydrogens (tertiary/aromatic N) is 1. The highest BCUT2D eigenvalue weighted by atomic mass is 32.1. The summed E-state index contributed by atoms with van der Waals surface area (Å²) in [6.45, 7) is 5.40. The van der Waals surface area contributed by atoms with Gasteiger partial charge in [0, 0.05) is 19.0 Å². The normalized spacial score (nSPS) is 10.2. The first-order valence-corrected chi connectivity index (χ1v) is 7.07. The monoisotopic (exact) mass is 280 g/mol. The van der Waals surface area contributed by atoms with Gasteiger partial charge in [0.05, 0.1) is 29.7 Å². The molecule has 4 nitrogen and oxygen atoms in total. The Morgan fingerprint density at radius 1 is 1.58 bits per heavy atom. The molecule has 0 saturated heterocycles. The van der Waals surface area contributed by atoms with E-state index in [-0.39, 0.29) is 12.0 Å². The summed E-state index contributed by atoms with van der Waals surface area (Å²) in [6.07, 6.45) is 0.183. The van der Waals surface area contributed by atoms with Gasteiger partial charge in [-0.3, -0.25) is 4.79 Å². The molecular formula is C14H20N2O2S. The van der Waals surface area contributed by atoms with Crippen molar-refractivity contribution < 1.29 is 9.53 Å². The Labute approximate surface area is 118 Å². The molecule has 1 rings (SSSR count). The average molecular weight is 280 g/mol. The van der Waals surface area contributed by atoms with Gasteiger partial charge in [0.15, 0.2) is 0 Å². The van der Waals surface area contributed by atoms with Crippen LogP contribution in [0.3, 0.4) is 0 Å². The molecule has 0 aliphatic heterocycles. The fourth-order valence-electron chi connectivity index (χ4n) is 1.40. The van der Waals surface area contributed by atoms with Crippen LogP contribution >= 0.6 is 11.3 Å². The van der Waals surface area contributed by atoms with Gasteiger partial charge < -0.3 is 15.4 Å². The van der Waals surface area contributed by atoms with Crippen LogP contribution in [0, 0.1) is 11.8 Å². The molecule has 1 aromatic heterocycles. The molecule has 0 unspecified atom stereocenters. The van der Waals surface area contributed by atoms with Gasteiger partial charge in [0.1, 0.15) is 0 Å². The minimum absolute atomic E-state index is 0.00981. The Kier molecular flexibility index (Phi) is 6.57. The predicted octanol–water partition coefficient (Wildman–Crippen LogP) is 1.56. The van der Waals surface area contributed by atoms with E-state index in [4.69, 9.17) is 10.5 Å². The van der Waals surface area contributed by atoms with Crippen LogP contribution in [-0.4, -0.2) is 43.7 Å². The molecule has 1 amide bonds. The summed E-state index contributed by atoms with van der Waals surface area (Å²) in [7, 11) is 1.77. The molecule has 0 aliphatic rings. The van der Waals surface area contributed by atoms with Gasteiger partial charge in [-0.1, -0.05) is 11.8 Å². The molecular weight excluding hydrogens is 260 g/mol. The van der Waals surface area contributed by atoms with Crippen molar-refractivity contribution >= 4 is 17.2 Å². The molecule has 5 heteroatoms. The molecule has 0 fully saturated rings. The Morgan fingerprint density at radius 2 is 2.32 bits per heavy atom. The van der Waals surface area contributed by atoms with Crippen molar-refractivity contribution in [3.8, 4) is 11.8 Å². The Morgan fingerprint density at radius 3 is 2.95 bits per heavy atom. The summed E-state index contributed by atoms with van der Waals surface area (Å²) in [5.74, 6) is 5.69. The second kappa shape index (κ2) is 7.95. The lowest BCUT2D eigenvalue weighted by Gasteiger charge is -2.17. The number of nitrogens with two attached hydrogens (primary N) is 1. The fraction of sp³-hybridized carbons (Fsp3) is 0.500. The van der Waals surface area contributed by atoms with E-state index in [2.05, 4.69) is 11.8 Å². The number of carbonyl (C=O) groups excluding carboxylic acids is 1. The van der Waals surface area contributed by atoms with Crippen LogP contribution in [0.25, 0.3) is 0 Å². The van der Waals surface area contributed by atoms with Crippen LogP contribution in [-0.2, 0) is 4.74 Å². The van der Waals surface area contributed by atoms with Gasteiger partial charge in [-0.05, 0) is 19.9 Å². The van der Waals surface area contributed by atoms with E-state index in [0.717, 1.165) is 4.88 Å². The van der Waals surface area contributed by atoms with E-state index in [0.29, 0.717) is 25.3 Å². The van der Waals surface area contributed by atoms with Gasteiger partial charge in [-0.2, -0.15) is 0 Å². The molecule has 0 atom stereocenters. The fourth-order valence-corrected chi connectivity index (χ4v) is 2.15. The topological polar surface area (TPSA) is 55.6 Å². The molecule has 19 heavy (non-hydrogen) atoms. The standard InChI is InChI=1S/C14H20N2O2S/c1-11(2)18-8-7-16(3)14(17)12-9-13(19-10-12)5-4-6-15/h9-11H,6-8,15H2,1-3H3. The third kappa shape index (κ3) is 5.43. The largest absolute Gasteiger partial charge is 0.377 e. The first-order valence-electron chi connectivity index (χ1n) is 6.19. The number of rotatable bonds is 5. The smallest absolute Gasteiger partial charge is 0.254 e. The lowest BCUT2D eigenvalue weighted by Crippen LogP contribution is -2.30. The van der Waals surface area contributed by atoms with Crippen LogP contribution < -0.4 is 5.73 Å². The zero-order valence-corrected chi connectivity index (χ0v) is 12.4. The zero-order chi connectivity index (χ0) is 14.3. The minimum atomic E-state index is -0.00981. The third-order valence-corrected chi connectivity index (χ3v) is 3.23. The lowest BCUT2D eigenvalue weighted by molar-refractivity contribution is 0.0532. The Bertz CT molecular complexity index is 471. The number of likely N-dealkylation sites (N-methyl/N-ethyl adjacent to an activating group) is 1. The number of thiophene rings is 1. The van der Waals surface area contributed by atoms with E-state index in [1.807, 2.05) is 19.2 Å². The zero-order valence-electron chi connectivity index (χ0n) is 11.6. The van der Waals surface area contributed by atoms with E-state index in [9.17, 15) is 4.79 Å². The SMILES string of the molecule is CC(C)OCCN(C)C(=O)c1csc(C#CCN)c1. The summed E-state index contributed by atoms with van der Waals surface area (Å²) in [4.78, 5) is 14.6. The molecule has 104 valence electrons. The molecule has 0 aromatic carbocycles. The van der Waals surface area contributed by atoms with Gasteiger partial charge >= 0.3 is 0 Å². The van der Waals surface area contributed by atoms with Crippen molar-refractivity contribution in [2.75, 3.05) is 26.7 Å². The summed E-state index contributed by atoms with van der Waals surface area (Å²) in [5.41, 5.74) is 5.98. The van der Waals surface area contributed by atoms with Crippen molar-refractivity contribution in [1.82, 2.24) is 4.90 Å². The van der Waals surface area contributed by atoms with E-state index < -0.39 is 0 Å². The molecule has 1 heterocycles. The first-order chi connectivity index (χ1) is 9.04. The van der Waals surface area contributed by atoms with Crippen LogP contribution in [0.4, 0.5) is 0 Å². The second-order valence-corrected chi connectivity index (χ2v) is 5.26. The maximum Gasteiger partial charge on any atom is 0.254 e. The maximum absolute atomic E-state index is 12.1. The van der Waals surface area contributed by atoms with Crippen molar-refractivity contribution in [2.24, 2.45) is 5.73 Å². The summed E-state index contributed by atoms with van der Waals surface area (Å²) >= 11 is 1.46. The van der Waals surface area contributed by atoms with Gasteiger partial charge in [0.25, 0.3) is 5.91 Å². The number of carbonyl (C=O) groups is 1. The predicted molar refractivity (Wildman–Crippen MR) is 78.3 cm³/mol. The highest BCUT2D eigenvalue weighted by molar-refractivity contribution is 7.10. The van der Waals surface area contributed by atoms with Crippen molar-refractivity contribution in [2.45, 2.75) is 20.0 Å². The Balaban J connectivity index is 2.54. The molecule has 0 spiro atoms. The highest BCUT2D eigenvalue weighted by Crippen LogP contribution is 2.15. The molecule has 1 aromatic rings. The highest BCUT2D eigenvalue weighted by Gasteiger charge is 2.13. The average Bonchev–Trinajstić information content (AvgIpc) is 2.83. The van der Waals surface area contributed by atoms with E-state index in [1.165, 1.54) is 11.3 Å². The maximum atomic E-state index is 12.1. The number of hydrogen-bond acceptors (Lipinski definition) is 4. The summed E-state index contributed by atoms with van der Waals surface area (Å²) < 4.78 is 5.43. The van der Waals surface area contributed by atoms with E-state index >= 15 is 0 Å². The van der Waals surface area contributed by atoms with Crippen LogP contribution in [0.5, 0.6) is 0 Å². The quantitative estimate of drug-likeness (QED) is 0.833. The molecule has 0 radical (unpaired) electrons.